The lowest BCUT2D eigenvalue weighted by molar-refractivity contribution is -0.132. The number of pyridine rings is 1. The van der Waals surface area contributed by atoms with Crippen molar-refractivity contribution in [2.75, 3.05) is 12.0 Å². The normalized spacial score (nSPS) is 17.5. The summed E-state index contributed by atoms with van der Waals surface area (Å²) in [6, 6.07) is 6.20. The summed E-state index contributed by atoms with van der Waals surface area (Å²) in [6.07, 6.45) is 2.97. The van der Waals surface area contributed by atoms with Gasteiger partial charge in [0.25, 0.3) is 5.78 Å². The van der Waals surface area contributed by atoms with Gasteiger partial charge in [0.05, 0.1) is 24.4 Å². The highest BCUT2D eigenvalue weighted by Gasteiger charge is 2.48. The van der Waals surface area contributed by atoms with E-state index in [4.69, 9.17) is 4.74 Å². The zero-order chi connectivity index (χ0) is 23.9. The van der Waals surface area contributed by atoms with E-state index in [0.29, 0.717) is 16.8 Å². The van der Waals surface area contributed by atoms with Crippen LogP contribution in [-0.2, 0) is 14.3 Å². The summed E-state index contributed by atoms with van der Waals surface area (Å²) in [4.78, 5) is 47.9. The predicted octanol–water partition coefficient (Wildman–Crippen LogP) is 3.71. The highest BCUT2D eigenvalue weighted by molar-refractivity contribution is 7.17. The first-order valence-electron chi connectivity index (χ1n) is 9.77. The molecule has 1 saturated heterocycles. The molecule has 8 nitrogen and oxygen atoms in total. The Bertz CT molecular complexity index is 1320. The fourth-order valence-corrected chi connectivity index (χ4v) is 4.56. The molecule has 3 heterocycles. The van der Waals surface area contributed by atoms with Crippen LogP contribution in [0.2, 0.25) is 0 Å². The van der Waals surface area contributed by atoms with Gasteiger partial charge in [-0.15, -0.1) is 0 Å². The fraction of sp³-hybridized carbons (Fsp3) is 0.174. The summed E-state index contributed by atoms with van der Waals surface area (Å²) >= 11 is 0.890. The minimum atomic E-state index is -1.08. The zero-order valence-corrected chi connectivity index (χ0v) is 18.6. The monoisotopic (exact) mass is 467 g/mol. The van der Waals surface area contributed by atoms with Crippen LogP contribution >= 0.6 is 11.3 Å². The third-order valence-electron chi connectivity index (χ3n) is 5.25. The number of aliphatic hydroxyl groups is 1. The Labute approximate surface area is 192 Å². The highest BCUT2D eigenvalue weighted by atomic mass is 32.1. The van der Waals surface area contributed by atoms with Crippen molar-refractivity contribution < 1.29 is 28.6 Å². The Morgan fingerprint density at radius 1 is 1.24 bits per heavy atom. The summed E-state index contributed by atoms with van der Waals surface area (Å²) in [6.45, 7) is 3.15. The molecular weight excluding hydrogens is 449 g/mol. The molecule has 1 fully saturated rings. The van der Waals surface area contributed by atoms with E-state index in [9.17, 15) is 23.9 Å². The van der Waals surface area contributed by atoms with E-state index in [-0.39, 0.29) is 21.1 Å². The average molecular weight is 467 g/mol. The first-order valence-corrected chi connectivity index (χ1v) is 10.6. The van der Waals surface area contributed by atoms with Crippen molar-refractivity contribution in [1.82, 2.24) is 9.97 Å². The molecule has 0 spiro atoms. The summed E-state index contributed by atoms with van der Waals surface area (Å²) < 4.78 is 18.9. The number of esters is 1. The molecule has 1 aliphatic rings. The highest BCUT2D eigenvalue weighted by Crippen LogP contribution is 2.43. The molecule has 168 valence electrons. The number of methoxy groups -OCH3 is 1. The van der Waals surface area contributed by atoms with Gasteiger partial charge in [-0.3, -0.25) is 19.5 Å². The molecule has 1 aromatic carbocycles. The number of ketones is 1. The van der Waals surface area contributed by atoms with Crippen LogP contribution in [0.4, 0.5) is 9.52 Å². The molecule has 0 saturated carbocycles. The Kier molecular flexibility index (Phi) is 5.77. The lowest BCUT2D eigenvalue weighted by Gasteiger charge is -2.22. The van der Waals surface area contributed by atoms with Crippen molar-refractivity contribution in [3.8, 4) is 0 Å². The van der Waals surface area contributed by atoms with Gasteiger partial charge in [0.15, 0.2) is 5.13 Å². The van der Waals surface area contributed by atoms with E-state index in [0.717, 1.165) is 22.3 Å². The number of thiazole rings is 1. The Morgan fingerprint density at radius 2 is 2.00 bits per heavy atom. The quantitative estimate of drug-likeness (QED) is 0.270. The molecule has 3 aromatic rings. The molecule has 1 aliphatic heterocycles. The summed E-state index contributed by atoms with van der Waals surface area (Å²) in [5.74, 6) is -3.62. The topological polar surface area (TPSA) is 110 Å². The van der Waals surface area contributed by atoms with Gasteiger partial charge >= 0.3 is 11.9 Å². The van der Waals surface area contributed by atoms with E-state index in [1.54, 1.807) is 26.0 Å². The maximum atomic E-state index is 14.2. The van der Waals surface area contributed by atoms with Crippen LogP contribution in [-0.4, -0.2) is 39.8 Å². The SMILES string of the molecule is COC(=O)c1sc(N2C(=O)C(=O)C(=C(O)c3ccc(C)c(F)c3)[C@H]2c2cccnc2)nc1C. The van der Waals surface area contributed by atoms with Crippen molar-refractivity contribution in [1.29, 1.82) is 0 Å². The van der Waals surface area contributed by atoms with Gasteiger partial charge in [0.2, 0.25) is 0 Å². The number of anilines is 1. The molecule has 33 heavy (non-hydrogen) atoms. The smallest absolute Gasteiger partial charge is 0.350 e. The molecule has 1 atom stereocenters. The van der Waals surface area contributed by atoms with E-state index in [2.05, 4.69) is 9.97 Å². The number of carbonyl (C=O) groups is 3. The number of aromatic nitrogens is 2. The van der Waals surface area contributed by atoms with Gasteiger partial charge in [0, 0.05) is 18.0 Å². The van der Waals surface area contributed by atoms with Crippen molar-refractivity contribution in [2.24, 2.45) is 0 Å². The molecule has 2 aromatic heterocycles. The molecule has 1 N–H and O–H groups in total. The third-order valence-corrected chi connectivity index (χ3v) is 6.39. The van der Waals surface area contributed by atoms with E-state index in [1.807, 2.05) is 0 Å². The maximum Gasteiger partial charge on any atom is 0.350 e. The second-order valence-electron chi connectivity index (χ2n) is 7.32. The van der Waals surface area contributed by atoms with E-state index >= 15 is 0 Å². The summed E-state index contributed by atoms with van der Waals surface area (Å²) in [5, 5.41) is 11.1. The van der Waals surface area contributed by atoms with Gasteiger partial charge in [-0.25, -0.2) is 14.2 Å². The van der Waals surface area contributed by atoms with Crippen LogP contribution in [0.1, 0.15) is 38.1 Å². The molecule has 0 radical (unpaired) electrons. The first-order chi connectivity index (χ1) is 15.7. The Balaban J connectivity index is 1.93. The number of hydrogen-bond donors (Lipinski definition) is 1. The number of nitrogens with zero attached hydrogens (tertiary/aromatic N) is 3. The first kappa shape index (κ1) is 22.3. The molecule has 1 amide bonds. The van der Waals surface area contributed by atoms with Gasteiger partial charge in [-0.1, -0.05) is 29.5 Å². The summed E-state index contributed by atoms with van der Waals surface area (Å²) in [5.41, 5.74) is 0.941. The number of ether oxygens (including phenoxy) is 1. The van der Waals surface area contributed by atoms with Crippen LogP contribution in [0.15, 0.2) is 48.3 Å². The van der Waals surface area contributed by atoms with Gasteiger partial charge in [-0.2, -0.15) is 0 Å². The molecule has 0 aliphatic carbocycles. The van der Waals surface area contributed by atoms with Crippen molar-refractivity contribution in [3.63, 3.8) is 0 Å². The maximum absolute atomic E-state index is 14.2. The number of carbonyl (C=O) groups excluding carboxylic acids is 3. The summed E-state index contributed by atoms with van der Waals surface area (Å²) in [7, 11) is 1.23. The van der Waals surface area contributed by atoms with Gasteiger partial charge in [0.1, 0.15) is 16.5 Å². The average Bonchev–Trinajstić information content (AvgIpc) is 3.32. The molecule has 0 unspecified atom stereocenters. The molecular formula is C23H18FN3O5S. The number of rotatable bonds is 4. The number of amides is 1. The van der Waals surface area contributed by atoms with E-state index in [1.165, 1.54) is 31.6 Å². The minimum Gasteiger partial charge on any atom is -0.507 e. The number of benzene rings is 1. The Morgan fingerprint density at radius 3 is 2.64 bits per heavy atom. The standard InChI is InChI=1S/C23H18FN3O5S/c1-11-6-7-13(9-15(11)24)18(28)16-17(14-5-4-8-25-10-14)27(21(30)19(16)29)23-26-12(2)20(33-23)22(31)32-3/h4-10,17,28H,1-3H3/t17-/m1/s1. The predicted molar refractivity (Wildman–Crippen MR) is 118 cm³/mol. The second kappa shape index (κ2) is 8.55. The van der Waals surface area contributed by atoms with Gasteiger partial charge < -0.3 is 9.84 Å². The van der Waals surface area contributed by atoms with Crippen molar-refractivity contribution in [2.45, 2.75) is 19.9 Å². The minimum absolute atomic E-state index is 0.0514. The van der Waals surface area contributed by atoms with Crippen LogP contribution in [0.5, 0.6) is 0 Å². The largest absolute Gasteiger partial charge is 0.507 e. The van der Waals surface area contributed by atoms with Crippen LogP contribution < -0.4 is 4.90 Å². The number of aliphatic hydroxyl groups excluding tert-OH is 1. The zero-order valence-electron chi connectivity index (χ0n) is 17.8. The van der Waals surface area contributed by atoms with Gasteiger partial charge in [-0.05, 0) is 37.1 Å². The lowest BCUT2D eigenvalue weighted by atomic mass is 9.96. The fourth-order valence-electron chi connectivity index (χ4n) is 3.55. The van der Waals surface area contributed by atoms with Crippen molar-refractivity contribution in [3.05, 3.63) is 81.4 Å². The van der Waals surface area contributed by atoms with Crippen LogP contribution in [0.3, 0.4) is 0 Å². The number of aryl methyl sites for hydroxylation is 2. The molecule has 0 bridgehead atoms. The van der Waals surface area contributed by atoms with Crippen molar-refractivity contribution >= 4 is 39.9 Å². The van der Waals surface area contributed by atoms with Crippen LogP contribution in [0.25, 0.3) is 5.76 Å². The molecule has 4 rings (SSSR count). The lowest BCUT2D eigenvalue weighted by Crippen LogP contribution is -2.29. The molecule has 10 heteroatoms. The number of halogens is 1. The number of hydrogen-bond acceptors (Lipinski definition) is 8. The second-order valence-corrected chi connectivity index (χ2v) is 8.30. The third kappa shape index (κ3) is 3.78. The number of Topliss-reactive ketones (excluding diaryl/α,β-unsaturated/α-hetero) is 1. The Hall–Kier alpha value is -3.92. The van der Waals surface area contributed by atoms with Crippen LogP contribution in [0, 0.1) is 19.7 Å². The van der Waals surface area contributed by atoms with E-state index < -0.39 is 35.3 Å².